The number of rotatable bonds is 6. The maximum atomic E-state index is 13.7. The topological polar surface area (TPSA) is 64.3 Å². The Morgan fingerprint density at radius 1 is 0.964 bits per heavy atom. The van der Waals surface area contributed by atoms with Crippen molar-refractivity contribution < 1.29 is 18.3 Å². The minimum atomic E-state index is -0.567. The van der Waals surface area contributed by atoms with Gasteiger partial charge in [0.2, 0.25) is 0 Å². The average Bonchev–Trinajstić information content (AvgIpc) is 2.69. The van der Waals surface area contributed by atoms with Crippen LogP contribution in [0.15, 0.2) is 73.3 Å². The second kappa shape index (κ2) is 8.35. The van der Waals surface area contributed by atoms with Gasteiger partial charge in [-0.2, -0.15) is 0 Å². The molecule has 0 aromatic heterocycles. The maximum absolute atomic E-state index is 13.7. The van der Waals surface area contributed by atoms with Gasteiger partial charge in [0.15, 0.2) is 0 Å². The van der Waals surface area contributed by atoms with E-state index in [4.69, 9.17) is 10.5 Å². The molecule has 0 aliphatic heterocycles. The van der Waals surface area contributed by atoms with Crippen LogP contribution in [0.1, 0.15) is 21.5 Å². The molecule has 0 saturated carbocycles. The highest BCUT2D eigenvalue weighted by molar-refractivity contribution is 5.97. The van der Waals surface area contributed by atoms with E-state index in [0.717, 1.165) is 17.2 Å². The Balaban J connectivity index is 1.74. The quantitative estimate of drug-likeness (QED) is 0.656. The van der Waals surface area contributed by atoms with E-state index >= 15 is 0 Å². The third-order valence-corrected chi connectivity index (χ3v) is 4.01. The van der Waals surface area contributed by atoms with Crippen molar-refractivity contribution in [1.29, 1.82) is 0 Å². The first-order chi connectivity index (χ1) is 13.4. The molecular weight excluding hydrogens is 362 g/mol. The van der Waals surface area contributed by atoms with Gasteiger partial charge in [-0.25, -0.2) is 8.78 Å². The number of hydrogen-bond donors (Lipinski definition) is 2. The Labute approximate surface area is 161 Å². The smallest absolute Gasteiger partial charge is 0.255 e. The van der Waals surface area contributed by atoms with Crippen molar-refractivity contribution in [2.45, 2.75) is 6.54 Å². The number of nitrogens with one attached hydrogen (secondary N) is 1. The van der Waals surface area contributed by atoms with Crippen LogP contribution in [-0.2, 0) is 6.54 Å². The Kier molecular flexibility index (Phi) is 5.69. The summed E-state index contributed by atoms with van der Waals surface area (Å²) in [6.07, 6.45) is 0. The van der Waals surface area contributed by atoms with Gasteiger partial charge in [-0.15, -0.1) is 0 Å². The lowest BCUT2D eigenvalue weighted by Gasteiger charge is -2.12. The van der Waals surface area contributed by atoms with Crippen LogP contribution in [0.3, 0.4) is 0 Å². The highest BCUT2D eigenvalue weighted by atomic mass is 19.1. The van der Waals surface area contributed by atoms with Gasteiger partial charge < -0.3 is 15.8 Å². The first-order valence-electron chi connectivity index (χ1n) is 8.47. The van der Waals surface area contributed by atoms with Crippen LogP contribution < -0.4 is 15.8 Å². The van der Waals surface area contributed by atoms with E-state index in [-0.39, 0.29) is 17.9 Å². The zero-order valence-electron chi connectivity index (χ0n) is 14.9. The Morgan fingerprint density at radius 2 is 1.61 bits per heavy atom. The molecule has 0 atom stereocenters. The molecule has 0 saturated heterocycles. The molecule has 0 aliphatic rings. The molecule has 4 nitrogen and oxygen atoms in total. The summed E-state index contributed by atoms with van der Waals surface area (Å²) in [7, 11) is 0. The van der Waals surface area contributed by atoms with Gasteiger partial charge in [0.05, 0.1) is 5.56 Å². The first kappa shape index (κ1) is 19.1. The molecule has 0 radical (unpaired) electrons. The second-order valence-electron chi connectivity index (χ2n) is 6.10. The van der Waals surface area contributed by atoms with Gasteiger partial charge in [0.25, 0.3) is 5.91 Å². The number of halogens is 2. The molecule has 0 fully saturated rings. The third-order valence-electron chi connectivity index (χ3n) is 4.01. The van der Waals surface area contributed by atoms with E-state index in [1.54, 1.807) is 12.1 Å². The van der Waals surface area contributed by atoms with Crippen molar-refractivity contribution in [3.63, 3.8) is 0 Å². The van der Waals surface area contributed by atoms with Crippen LogP contribution in [-0.4, -0.2) is 5.91 Å². The monoisotopic (exact) mass is 380 g/mol. The molecule has 142 valence electrons. The molecule has 3 N–H and O–H groups in total. The zero-order valence-corrected chi connectivity index (χ0v) is 14.9. The molecule has 0 aliphatic carbocycles. The summed E-state index contributed by atoms with van der Waals surface area (Å²) in [5, 5.41) is 2.73. The van der Waals surface area contributed by atoms with Crippen molar-refractivity contribution in [1.82, 2.24) is 5.32 Å². The molecule has 28 heavy (non-hydrogen) atoms. The lowest BCUT2D eigenvalue weighted by atomic mass is 10.1. The molecule has 1 amide bonds. The predicted octanol–water partition coefficient (Wildman–Crippen LogP) is 4.62. The number of carbonyl (C=O) groups is 1. The molecule has 6 heteroatoms. The van der Waals surface area contributed by atoms with Crippen LogP contribution in [0.4, 0.5) is 8.78 Å². The number of amides is 1. The van der Waals surface area contributed by atoms with Gasteiger partial charge in [0, 0.05) is 12.2 Å². The van der Waals surface area contributed by atoms with E-state index in [1.165, 1.54) is 36.4 Å². The summed E-state index contributed by atoms with van der Waals surface area (Å²) < 4.78 is 32.3. The normalized spacial score (nSPS) is 10.4. The molecule has 3 aromatic rings. The van der Waals surface area contributed by atoms with Gasteiger partial charge >= 0.3 is 0 Å². The number of benzene rings is 3. The van der Waals surface area contributed by atoms with E-state index < -0.39 is 17.5 Å². The van der Waals surface area contributed by atoms with E-state index in [9.17, 15) is 13.6 Å². The lowest BCUT2D eigenvalue weighted by Crippen LogP contribution is -2.23. The number of nitrogens with two attached hydrogens (primary N) is 1. The van der Waals surface area contributed by atoms with Gasteiger partial charge in [-0.05, 0) is 53.6 Å². The first-order valence-corrected chi connectivity index (χ1v) is 8.47. The van der Waals surface area contributed by atoms with Crippen molar-refractivity contribution in [2.75, 3.05) is 0 Å². The Morgan fingerprint density at radius 3 is 2.25 bits per heavy atom. The average molecular weight is 380 g/mol. The van der Waals surface area contributed by atoms with Crippen molar-refractivity contribution >= 4 is 11.6 Å². The fraction of sp³-hybridized carbons (Fsp3) is 0.0455. The van der Waals surface area contributed by atoms with E-state index in [2.05, 4.69) is 11.9 Å². The van der Waals surface area contributed by atoms with Crippen LogP contribution >= 0.6 is 0 Å². The minimum Gasteiger partial charge on any atom is -0.457 e. The number of ether oxygens (including phenoxy) is 1. The molecular formula is C22H18F2N2O2. The highest BCUT2D eigenvalue weighted by Crippen LogP contribution is 2.26. The van der Waals surface area contributed by atoms with Gasteiger partial charge in [0.1, 0.15) is 23.1 Å². The fourth-order valence-corrected chi connectivity index (χ4v) is 2.51. The Bertz CT molecular complexity index is 1000. The largest absolute Gasteiger partial charge is 0.457 e. The Hall–Kier alpha value is -3.67. The second-order valence-corrected chi connectivity index (χ2v) is 6.10. The van der Waals surface area contributed by atoms with Crippen molar-refractivity contribution in [3.05, 3.63) is 102 Å². The number of hydrogen-bond acceptors (Lipinski definition) is 3. The van der Waals surface area contributed by atoms with Crippen LogP contribution in [0, 0.1) is 11.6 Å². The molecule has 0 heterocycles. The molecule has 3 rings (SSSR count). The van der Waals surface area contributed by atoms with Crippen LogP contribution in [0.5, 0.6) is 11.5 Å². The summed E-state index contributed by atoms with van der Waals surface area (Å²) in [6, 6.07) is 16.2. The van der Waals surface area contributed by atoms with Crippen LogP contribution in [0.25, 0.3) is 5.70 Å². The summed E-state index contributed by atoms with van der Waals surface area (Å²) in [6.45, 7) is 3.90. The predicted molar refractivity (Wildman–Crippen MR) is 104 cm³/mol. The third kappa shape index (κ3) is 4.73. The zero-order chi connectivity index (χ0) is 20.1. The highest BCUT2D eigenvalue weighted by Gasteiger charge is 2.15. The van der Waals surface area contributed by atoms with E-state index in [1.807, 2.05) is 12.1 Å². The molecule has 0 unspecified atom stereocenters. The fourth-order valence-electron chi connectivity index (χ4n) is 2.51. The van der Waals surface area contributed by atoms with E-state index in [0.29, 0.717) is 11.4 Å². The maximum Gasteiger partial charge on any atom is 0.255 e. The number of carbonyl (C=O) groups excluding carboxylic acids is 1. The summed E-state index contributed by atoms with van der Waals surface area (Å²) in [4.78, 5) is 12.6. The van der Waals surface area contributed by atoms with Gasteiger partial charge in [-0.3, -0.25) is 4.79 Å². The summed E-state index contributed by atoms with van der Waals surface area (Å²) >= 11 is 0. The lowest BCUT2D eigenvalue weighted by molar-refractivity contribution is 0.0948. The van der Waals surface area contributed by atoms with Crippen LogP contribution in [0.2, 0.25) is 0 Å². The SMILES string of the molecule is C=C(N)c1ccc(CNC(=O)c2cc(F)ccc2Oc2ccc(F)cc2)cc1. The molecule has 3 aromatic carbocycles. The molecule has 0 spiro atoms. The standard InChI is InChI=1S/C22H18F2N2O2/c1-14(25)16-4-2-15(3-5-16)13-26-22(27)20-12-18(24)8-11-21(20)28-19-9-6-17(23)7-10-19/h2-12H,1,13,25H2,(H,26,27). The summed E-state index contributed by atoms with van der Waals surface area (Å²) in [5.41, 5.74) is 7.77. The van der Waals surface area contributed by atoms with Crippen molar-refractivity contribution in [3.8, 4) is 11.5 Å². The summed E-state index contributed by atoms with van der Waals surface area (Å²) in [5.74, 6) is -0.972. The molecule has 0 bridgehead atoms. The minimum absolute atomic E-state index is 0.0382. The van der Waals surface area contributed by atoms with Crippen molar-refractivity contribution in [2.24, 2.45) is 5.73 Å². The van der Waals surface area contributed by atoms with Gasteiger partial charge in [-0.1, -0.05) is 30.8 Å².